The molecule has 0 saturated carbocycles. The van der Waals surface area contributed by atoms with Crippen molar-refractivity contribution in [1.82, 2.24) is 0 Å². The largest absolute Gasteiger partial charge is 0.448 e. The zero-order chi connectivity index (χ0) is 8.32. The Hall–Kier alpha value is -0.490. The Morgan fingerprint density at radius 3 is 2.64 bits per heavy atom. The van der Waals surface area contributed by atoms with Gasteiger partial charge in [0.1, 0.15) is 5.76 Å². The Kier molecular flexibility index (Phi) is 2.56. The van der Waals surface area contributed by atoms with Gasteiger partial charge in [0.15, 0.2) is 0 Å². The van der Waals surface area contributed by atoms with Gasteiger partial charge < -0.3 is 4.52 Å². The highest BCUT2D eigenvalue weighted by molar-refractivity contribution is 7.57. The SMILES string of the molecule is CP(C)(=O)OC1=CCC=CC1. The lowest BCUT2D eigenvalue weighted by molar-refractivity contribution is 0.402. The average Bonchev–Trinajstić information content (AvgIpc) is 1.85. The second-order valence-electron chi connectivity index (χ2n) is 2.93. The van der Waals surface area contributed by atoms with E-state index in [1.807, 2.05) is 12.2 Å². The van der Waals surface area contributed by atoms with Gasteiger partial charge in [-0.2, -0.15) is 0 Å². The number of allylic oxidation sites excluding steroid dienone is 3. The molecular weight excluding hydrogens is 159 g/mol. The van der Waals surface area contributed by atoms with Gasteiger partial charge >= 0.3 is 0 Å². The van der Waals surface area contributed by atoms with Gasteiger partial charge in [0, 0.05) is 19.8 Å². The second kappa shape index (κ2) is 3.27. The van der Waals surface area contributed by atoms with Crippen LogP contribution in [0.25, 0.3) is 0 Å². The quantitative estimate of drug-likeness (QED) is 0.473. The van der Waals surface area contributed by atoms with E-state index >= 15 is 0 Å². The fourth-order valence-electron chi connectivity index (χ4n) is 0.935. The normalized spacial score (nSPS) is 17.8. The van der Waals surface area contributed by atoms with Crippen LogP contribution in [-0.2, 0) is 9.09 Å². The van der Waals surface area contributed by atoms with Crippen molar-refractivity contribution >= 4 is 7.37 Å². The maximum atomic E-state index is 11.2. The van der Waals surface area contributed by atoms with Crippen molar-refractivity contribution < 1.29 is 9.09 Å². The lowest BCUT2D eigenvalue weighted by Gasteiger charge is -2.14. The molecule has 0 saturated heterocycles. The van der Waals surface area contributed by atoms with Crippen molar-refractivity contribution in [3.05, 3.63) is 24.0 Å². The predicted octanol–water partition coefficient (Wildman–Crippen LogP) is 2.77. The average molecular weight is 172 g/mol. The van der Waals surface area contributed by atoms with Crippen molar-refractivity contribution in [3.8, 4) is 0 Å². The van der Waals surface area contributed by atoms with Crippen LogP contribution in [0.3, 0.4) is 0 Å². The Labute approximate surface area is 67.4 Å². The highest BCUT2D eigenvalue weighted by Crippen LogP contribution is 2.41. The van der Waals surface area contributed by atoms with Crippen LogP contribution in [0.15, 0.2) is 24.0 Å². The Bertz CT molecular complexity index is 234. The molecule has 0 atom stereocenters. The summed E-state index contributed by atoms with van der Waals surface area (Å²) in [5, 5.41) is 0. The third kappa shape index (κ3) is 3.43. The molecule has 0 aromatic carbocycles. The molecule has 2 nitrogen and oxygen atoms in total. The van der Waals surface area contributed by atoms with Gasteiger partial charge in [-0.1, -0.05) is 12.2 Å². The maximum absolute atomic E-state index is 11.2. The molecule has 0 aliphatic heterocycles. The van der Waals surface area contributed by atoms with Gasteiger partial charge in [0.2, 0.25) is 7.37 Å². The summed E-state index contributed by atoms with van der Waals surface area (Å²) in [6.07, 6.45) is 7.76. The van der Waals surface area contributed by atoms with E-state index in [1.54, 1.807) is 13.3 Å². The molecule has 1 aliphatic carbocycles. The molecule has 0 N–H and O–H groups in total. The van der Waals surface area contributed by atoms with Gasteiger partial charge in [0.05, 0.1) is 0 Å². The van der Waals surface area contributed by atoms with Gasteiger partial charge in [-0.05, 0) is 12.5 Å². The van der Waals surface area contributed by atoms with Gasteiger partial charge in [-0.15, -0.1) is 0 Å². The summed E-state index contributed by atoms with van der Waals surface area (Å²) in [5.74, 6) is 0.848. The van der Waals surface area contributed by atoms with E-state index in [0.717, 1.165) is 18.6 Å². The molecule has 0 aromatic heterocycles. The summed E-state index contributed by atoms with van der Waals surface area (Å²) in [7, 11) is -2.34. The van der Waals surface area contributed by atoms with Gasteiger partial charge in [-0.25, -0.2) is 0 Å². The summed E-state index contributed by atoms with van der Waals surface area (Å²) in [6.45, 7) is 3.26. The fourth-order valence-corrected chi connectivity index (χ4v) is 1.65. The van der Waals surface area contributed by atoms with Crippen molar-refractivity contribution in [2.75, 3.05) is 13.3 Å². The summed E-state index contributed by atoms with van der Waals surface area (Å²) in [5.41, 5.74) is 0. The van der Waals surface area contributed by atoms with Crippen molar-refractivity contribution in [1.29, 1.82) is 0 Å². The summed E-state index contributed by atoms with van der Waals surface area (Å²) >= 11 is 0. The van der Waals surface area contributed by atoms with Gasteiger partial charge in [-0.3, -0.25) is 4.57 Å². The Morgan fingerprint density at radius 2 is 2.18 bits per heavy atom. The van der Waals surface area contributed by atoms with E-state index < -0.39 is 7.37 Å². The lowest BCUT2D eigenvalue weighted by atomic mass is 10.2. The zero-order valence-electron chi connectivity index (χ0n) is 6.91. The molecule has 0 radical (unpaired) electrons. The highest BCUT2D eigenvalue weighted by atomic mass is 31.2. The zero-order valence-corrected chi connectivity index (χ0v) is 7.80. The summed E-state index contributed by atoms with van der Waals surface area (Å²) < 4.78 is 16.4. The third-order valence-corrected chi connectivity index (χ3v) is 1.98. The number of hydrogen-bond acceptors (Lipinski definition) is 2. The first kappa shape index (κ1) is 8.61. The molecule has 0 fully saturated rings. The maximum Gasteiger partial charge on any atom is 0.241 e. The molecule has 0 heterocycles. The van der Waals surface area contributed by atoms with Crippen molar-refractivity contribution in [2.45, 2.75) is 12.8 Å². The standard InChI is InChI=1S/C8H13O2P/c1-11(2,9)10-8-6-4-3-5-7-8/h3-4,7H,5-6H2,1-2H3. The first-order valence-corrected chi connectivity index (χ1v) is 6.18. The second-order valence-corrected chi connectivity index (χ2v) is 5.61. The van der Waals surface area contributed by atoms with E-state index in [0.29, 0.717) is 0 Å². The summed E-state index contributed by atoms with van der Waals surface area (Å²) in [6, 6.07) is 0. The van der Waals surface area contributed by atoms with E-state index in [9.17, 15) is 4.57 Å². The molecule has 62 valence electrons. The summed E-state index contributed by atoms with van der Waals surface area (Å²) in [4.78, 5) is 0. The van der Waals surface area contributed by atoms with Crippen molar-refractivity contribution in [2.24, 2.45) is 0 Å². The molecule has 11 heavy (non-hydrogen) atoms. The molecule has 3 heteroatoms. The van der Waals surface area contributed by atoms with E-state index in [-0.39, 0.29) is 0 Å². The van der Waals surface area contributed by atoms with Crippen LogP contribution >= 0.6 is 7.37 Å². The Balaban J connectivity index is 2.50. The minimum absolute atomic E-state index is 0.783. The molecule has 0 spiro atoms. The van der Waals surface area contributed by atoms with Gasteiger partial charge in [0.25, 0.3) is 0 Å². The van der Waals surface area contributed by atoms with Crippen LogP contribution in [0.5, 0.6) is 0 Å². The van der Waals surface area contributed by atoms with Crippen LogP contribution in [0, 0.1) is 0 Å². The minimum atomic E-state index is -2.34. The van der Waals surface area contributed by atoms with Crippen LogP contribution in [-0.4, -0.2) is 13.3 Å². The first-order chi connectivity index (χ1) is 5.08. The molecule has 0 unspecified atom stereocenters. The highest BCUT2D eigenvalue weighted by Gasteiger charge is 2.10. The van der Waals surface area contributed by atoms with E-state index in [1.165, 1.54) is 0 Å². The van der Waals surface area contributed by atoms with Crippen LogP contribution in [0.2, 0.25) is 0 Å². The van der Waals surface area contributed by atoms with Crippen molar-refractivity contribution in [3.63, 3.8) is 0 Å². The monoisotopic (exact) mass is 172 g/mol. The van der Waals surface area contributed by atoms with E-state index in [2.05, 4.69) is 6.08 Å². The molecule has 0 amide bonds. The van der Waals surface area contributed by atoms with Crippen LogP contribution in [0.1, 0.15) is 12.8 Å². The molecule has 1 aliphatic rings. The third-order valence-electron chi connectivity index (χ3n) is 1.30. The molecular formula is C8H13O2P. The Morgan fingerprint density at radius 1 is 1.45 bits per heavy atom. The predicted molar refractivity (Wildman–Crippen MR) is 47.0 cm³/mol. The van der Waals surface area contributed by atoms with Crippen LogP contribution < -0.4 is 0 Å². The van der Waals surface area contributed by atoms with E-state index in [4.69, 9.17) is 4.52 Å². The number of rotatable bonds is 2. The smallest absolute Gasteiger partial charge is 0.241 e. The first-order valence-electron chi connectivity index (χ1n) is 3.66. The molecule has 1 rings (SSSR count). The minimum Gasteiger partial charge on any atom is -0.448 e. The number of hydrogen-bond donors (Lipinski definition) is 0. The molecule has 0 aromatic rings. The van der Waals surface area contributed by atoms with Crippen LogP contribution in [0.4, 0.5) is 0 Å². The lowest BCUT2D eigenvalue weighted by Crippen LogP contribution is -1.90. The topological polar surface area (TPSA) is 26.3 Å². The molecule has 0 bridgehead atoms. The fraction of sp³-hybridized carbons (Fsp3) is 0.500.